The van der Waals surface area contributed by atoms with E-state index in [1.165, 1.54) is 0 Å². The van der Waals surface area contributed by atoms with Crippen molar-refractivity contribution in [2.45, 2.75) is 18.9 Å². The van der Waals surface area contributed by atoms with E-state index in [0.717, 1.165) is 4.47 Å². The minimum Gasteiger partial charge on any atom is -0.482 e. The van der Waals surface area contributed by atoms with Crippen LogP contribution in [0.4, 0.5) is 0 Å². The number of para-hydroxylation sites is 1. The number of benzene rings is 1. The third-order valence-electron chi connectivity index (χ3n) is 2.94. The van der Waals surface area contributed by atoms with Gasteiger partial charge in [0.15, 0.2) is 17.8 Å². The number of carbonyl (C=O) groups excluding carboxylic acids is 1. The van der Waals surface area contributed by atoms with E-state index in [2.05, 4.69) is 20.9 Å². The monoisotopic (exact) mass is 344 g/mol. The van der Waals surface area contributed by atoms with Crippen molar-refractivity contribution in [1.29, 1.82) is 5.26 Å². The molecule has 21 heavy (non-hydrogen) atoms. The lowest BCUT2D eigenvalue weighted by Crippen LogP contribution is -2.29. The van der Waals surface area contributed by atoms with Gasteiger partial charge in [-0.15, -0.1) is 0 Å². The highest BCUT2D eigenvalue weighted by Gasteiger charge is 2.28. The quantitative estimate of drug-likeness (QED) is 0.832. The summed E-state index contributed by atoms with van der Waals surface area (Å²) >= 11 is 3.36. The molecule has 0 saturated carbocycles. The highest BCUT2D eigenvalue weighted by molar-refractivity contribution is 9.10. The van der Waals surface area contributed by atoms with E-state index in [9.17, 15) is 10.1 Å². The second-order valence-corrected chi connectivity index (χ2v) is 5.26. The Bertz CT molecular complexity index is 667. The molecule has 2 unspecified atom stereocenters. The molecule has 106 valence electrons. The van der Waals surface area contributed by atoms with E-state index in [4.69, 9.17) is 4.74 Å². The molecule has 2 aromatic rings. The second kappa shape index (κ2) is 7.00. The maximum atomic E-state index is 12.4. The van der Waals surface area contributed by atoms with E-state index in [0.29, 0.717) is 11.4 Å². The molecule has 0 aliphatic rings. The van der Waals surface area contributed by atoms with Gasteiger partial charge in [0.25, 0.3) is 0 Å². The fraction of sp³-hybridized carbons (Fsp3) is 0.188. The second-order valence-electron chi connectivity index (χ2n) is 4.41. The number of hydrogen-bond donors (Lipinski definition) is 0. The summed E-state index contributed by atoms with van der Waals surface area (Å²) in [5, 5.41) is 9.24. The van der Waals surface area contributed by atoms with Crippen LogP contribution in [-0.4, -0.2) is 16.9 Å². The predicted octanol–water partition coefficient (Wildman–Crippen LogP) is 3.49. The maximum Gasteiger partial charge on any atom is 0.196 e. The zero-order chi connectivity index (χ0) is 15.2. The Morgan fingerprint density at radius 3 is 2.62 bits per heavy atom. The molecule has 5 heteroatoms. The molecule has 1 heterocycles. The van der Waals surface area contributed by atoms with Crippen LogP contribution in [-0.2, 0) is 4.79 Å². The predicted molar refractivity (Wildman–Crippen MR) is 81.8 cm³/mol. The Hall–Kier alpha value is -2.19. The summed E-state index contributed by atoms with van der Waals surface area (Å²) in [7, 11) is 0. The number of Topliss-reactive ketones (excluding diaryl/α,β-unsaturated/α-hetero) is 1. The van der Waals surface area contributed by atoms with Crippen LogP contribution in [0.1, 0.15) is 18.5 Å². The number of pyridine rings is 1. The minimum atomic E-state index is -0.927. The average molecular weight is 345 g/mol. The van der Waals surface area contributed by atoms with Gasteiger partial charge in [0.05, 0.1) is 16.2 Å². The van der Waals surface area contributed by atoms with E-state index in [1.807, 2.05) is 24.3 Å². The van der Waals surface area contributed by atoms with E-state index < -0.39 is 12.0 Å². The number of ether oxygens (including phenoxy) is 1. The van der Waals surface area contributed by atoms with Gasteiger partial charge in [0, 0.05) is 6.20 Å². The van der Waals surface area contributed by atoms with Gasteiger partial charge in [-0.3, -0.25) is 9.78 Å². The van der Waals surface area contributed by atoms with Crippen molar-refractivity contribution in [2.24, 2.45) is 0 Å². The van der Waals surface area contributed by atoms with Crippen molar-refractivity contribution in [1.82, 2.24) is 4.98 Å². The molecule has 2 atom stereocenters. The Morgan fingerprint density at radius 2 is 2.00 bits per heavy atom. The van der Waals surface area contributed by atoms with Crippen LogP contribution in [0.3, 0.4) is 0 Å². The van der Waals surface area contributed by atoms with Crippen LogP contribution in [0, 0.1) is 11.3 Å². The maximum absolute atomic E-state index is 12.4. The van der Waals surface area contributed by atoms with Crippen molar-refractivity contribution in [2.75, 3.05) is 0 Å². The van der Waals surface area contributed by atoms with Gasteiger partial charge < -0.3 is 4.74 Å². The molecule has 1 aromatic heterocycles. The summed E-state index contributed by atoms with van der Waals surface area (Å²) in [5.41, 5.74) is 0.438. The number of nitrogens with zero attached hydrogens (tertiary/aromatic N) is 2. The lowest BCUT2D eigenvalue weighted by molar-refractivity contribution is -0.125. The summed E-state index contributed by atoms with van der Waals surface area (Å²) < 4.78 is 6.40. The molecule has 0 aliphatic heterocycles. The Labute approximate surface area is 131 Å². The van der Waals surface area contributed by atoms with Gasteiger partial charge in [-0.1, -0.05) is 18.2 Å². The van der Waals surface area contributed by atoms with Crippen LogP contribution in [0.2, 0.25) is 0 Å². The van der Waals surface area contributed by atoms with Gasteiger partial charge in [-0.05, 0) is 47.1 Å². The van der Waals surface area contributed by atoms with Gasteiger partial charge in [-0.2, -0.15) is 5.26 Å². The van der Waals surface area contributed by atoms with Gasteiger partial charge in [-0.25, -0.2) is 0 Å². The zero-order valence-corrected chi connectivity index (χ0v) is 12.9. The first-order valence-electron chi connectivity index (χ1n) is 6.39. The van der Waals surface area contributed by atoms with Crippen molar-refractivity contribution < 1.29 is 9.53 Å². The Kier molecular flexibility index (Phi) is 5.07. The largest absolute Gasteiger partial charge is 0.482 e. The normalized spacial score (nSPS) is 13.0. The Balaban J connectivity index is 2.15. The number of nitriles is 1. The van der Waals surface area contributed by atoms with Crippen molar-refractivity contribution >= 4 is 21.7 Å². The van der Waals surface area contributed by atoms with Crippen LogP contribution in [0.25, 0.3) is 0 Å². The summed E-state index contributed by atoms with van der Waals surface area (Å²) in [6.07, 6.45) is 0.821. The first-order chi connectivity index (χ1) is 10.1. The fourth-order valence-corrected chi connectivity index (χ4v) is 2.22. The fourth-order valence-electron chi connectivity index (χ4n) is 1.85. The molecule has 0 N–H and O–H groups in total. The number of carbonyl (C=O) groups is 1. The molecule has 0 spiro atoms. The molecule has 0 amide bonds. The lowest BCUT2D eigenvalue weighted by atomic mass is 9.98. The topological polar surface area (TPSA) is 63.0 Å². The van der Waals surface area contributed by atoms with Crippen molar-refractivity contribution in [3.8, 4) is 11.8 Å². The van der Waals surface area contributed by atoms with Crippen molar-refractivity contribution in [3.05, 3.63) is 58.8 Å². The first-order valence-corrected chi connectivity index (χ1v) is 7.18. The smallest absolute Gasteiger partial charge is 0.196 e. The third-order valence-corrected chi connectivity index (χ3v) is 3.59. The molecule has 4 nitrogen and oxygen atoms in total. The van der Waals surface area contributed by atoms with Crippen LogP contribution >= 0.6 is 15.9 Å². The molecule has 0 bridgehead atoms. The van der Waals surface area contributed by atoms with E-state index in [-0.39, 0.29) is 5.78 Å². The SMILES string of the molecule is CC(Oc1ccccc1Br)C(=O)C(C#N)c1ccccn1. The zero-order valence-electron chi connectivity index (χ0n) is 11.4. The van der Waals surface area contributed by atoms with Gasteiger partial charge in [0.1, 0.15) is 5.75 Å². The lowest BCUT2D eigenvalue weighted by Gasteiger charge is -2.17. The number of rotatable bonds is 5. The average Bonchev–Trinajstić information content (AvgIpc) is 2.51. The summed E-state index contributed by atoms with van der Waals surface area (Å²) in [4.78, 5) is 16.5. The van der Waals surface area contributed by atoms with E-state index >= 15 is 0 Å². The first kappa shape index (κ1) is 15.2. The van der Waals surface area contributed by atoms with Crippen LogP contribution in [0.5, 0.6) is 5.75 Å². The number of aromatic nitrogens is 1. The van der Waals surface area contributed by atoms with Crippen LogP contribution in [0.15, 0.2) is 53.1 Å². The summed E-state index contributed by atoms with van der Waals surface area (Å²) in [6.45, 7) is 1.63. The highest BCUT2D eigenvalue weighted by Crippen LogP contribution is 2.26. The third kappa shape index (κ3) is 3.67. The molecule has 0 radical (unpaired) electrons. The highest BCUT2D eigenvalue weighted by atomic mass is 79.9. The molecular weight excluding hydrogens is 332 g/mol. The van der Waals surface area contributed by atoms with Crippen LogP contribution < -0.4 is 4.74 Å². The molecule has 0 fully saturated rings. The standard InChI is InChI=1S/C16H13BrN2O2/c1-11(21-15-8-3-2-6-13(15)17)16(20)12(10-18)14-7-4-5-9-19-14/h2-9,11-12H,1H3. The molecule has 0 saturated heterocycles. The van der Waals surface area contributed by atoms with Crippen molar-refractivity contribution in [3.63, 3.8) is 0 Å². The minimum absolute atomic E-state index is 0.313. The van der Waals surface area contributed by atoms with Gasteiger partial charge in [0.2, 0.25) is 0 Å². The number of ketones is 1. The van der Waals surface area contributed by atoms with E-state index in [1.54, 1.807) is 37.4 Å². The molecule has 1 aromatic carbocycles. The van der Waals surface area contributed by atoms with Gasteiger partial charge >= 0.3 is 0 Å². The molecule has 2 rings (SSSR count). The molecular formula is C16H13BrN2O2. The number of hydrogen-bond acceptors (Lipinski definition) is 4. The summed E-state index contributed by atoms with van der Waals surface area (Å²) in [5.74, 6) is -0.674. The summed E-state index contributed by atoms with van der Waals surface area (Å²) in [6, 6.07) is 14.4. The number of halogens is 1. The Morgan fingerprint density at radius 1 is 1.29 bits per heavy atom. The molecule has 0 aliphatic carbocycles.